The molecule has 1 fully saturated rings. The van der Waals surface area contributed by atoms with Crippen molar-refractivity contribution in [1.82, 2.24) is 0 Å². The molecule has 2 rings (SSSR count). The number of hydrogen-bond acceptors (Lipinski definition) is 0. The number of hydrogen-bond donors (Lipinski definition) is 0. The predicted octanol–water partition coefficient (Wildman–Crippen LogP) is 3.65. The summed E-state index contributed by atoms with van der Waals surface area (Å²) in [5, 5.41) is 0. The van der Waals surface area contributed by atoms with E-state index in [0.717, 1.165) is 5.92 Å². The maximum absolute atomic E-state index is 2.34. The maximum Gasteiger partial charge on any atom is -0.0250 e. The van der Waals surface area contributed by atoms with Gasteiger partial charge in [-0.05, 0) is 31.7 Å². The average molecular weight is 174 g/mol. The first kappa shape index (κ1) is 8.80. The standard InChI is InChI=1S/C13H18/c1-10-6-11(2)8-13(7-10)9-12-4-3-5-12/h6-8,12H,3-5,9H2,1-2H3. The van der Waals surface area contributed by atoms with Crippen molar-refractivity contribution < 1.29 is 0 Å². The third-order valence-electron chi connectivity index (χ3n) is 3.03. The van der Waals surface area contributed by atoms with Gasteiger partial charge >= 0.3 is 0 Å². The predicted molar refractivity (Wildman–Crippen MR) is 57.0 cm³/mol. The molecule has 0 radical (unpaired) electrons. The summed E-state index contributed by atoms with van der Waals surface area (Å²) in [7, 11) is 0. The van der Waals surface area contributed by atoms with Crippen molar-refractivity contribution in [2.24, 2.45) is 5.92 Å². The van der Waals surface area contributed by atoms with E-state index in [4.69, 9.17) is 0 Å². The van der Waals surface area contributed by atoms with Crippen molar-refractivity contribution in [1.29, 1.82) is 0 Å². The topological polar surface area (TPSA) is 0 Å². The van der Waals surface area contributed by atoms with Gasteiger partial charge in [0, 0.05) is 0 Å². The van der Waals surface area contributed by atoms with Crippen LogP contribution in [0.25, 0.3) is 0 Å². The lowest BCUT2D eigenvalue weighted by atomic mass is 9.80. The van der Waals surface area contributed by atoms with Gasteiger partial charge in [0.15, 0.2) is 0 Å². The molecule has 0 N–H and O–H groups in total. The third-order valence-corrected chi connectivity index (χ3v) is 3.03. The number of benzene rings is 1. The van der Waals surface area contributed by atoms with E-state index in [9.17, 15) is 0 Å². The van der Waals surface area contributed by atoms with Crippen LogP contribution in [0.1, 0.15) is 36.0 Å². The summed E-state index contributed by atoms with van der Waals surface area (Å²) in [5.41, 5.74) is 4.37. The fraction of sp³-hybridized carbons (Fsp3) is 0.538. The first-order valence-electron chi connectivity index (χ1n) is 5.31. The summed E-state index contributed by atoms with van der Waals surface area (Å²) >= 11 is 0. The molecule has 0 heterocycles. The van der Waals surface area contributed by atoms with E-state index in [1.54, 1.807) is 5.56 Å². The Morgan fingerprint density at radius 3 is 2.15 bits per heavy atom. The maximum atomic E-state index is 2.34. The molecule has 0 nitrogen and oxygen atoms in total. The van der Waals surface area contributed by atoms with Gasteiger partial charge in [0.2, 0.25) is 0 Å². The highest BCUT2D eigenvalue weighted by molar-refractivity contribution is 5.28. The molecule has 1 saturated carbocycles. The molecule has 1 aliphatic carbocycles. The van der Waals surface area contributed by atoms with Gasteiger partial charge in [0.1, 0.15) is 0 Å². The van der Waals surface area contributed by atoms with Gasteiger partial charge in [-0.15, -0.1) is 0 Å². The van der Waals surface area contributed by atoms with Crippen molar-refractivity contribution in [2.45, 2.75) is 39.5 Å². The Kier molecular flexibility index (Phi) is 2.39. The zero-order valence-electron chi connectivity index (χ0n) is 8.64. The second kappa shape index (κ2) is 3.53. The quantitative estimate of drug-likeness (QED) is 0.642. The lowest BCUT2D eigenvalue weighted by Gasteiger charge is -2.25. The van der Waals surface area contributed by atoms with Crippen LogP contribution < -0.4 is 0 Å². The molecular weight excluding hydrogens is 156 g/mol. The number of rotatable bonds is 2. The zero-order chi connectivity index (χ0) is 9.26. The molecular formula is C13H18. The fourth-order valence-corrected chi connectivity index (χ4v) is 2.22. The van der Waals surface area contributed by atoms with Crippen molar-refractivity contribution in [2.75, 3.05) is 0 Å². The molecule has 0 heteroatoms. The molecule has 0 saturated heterocycles. The summed E-state index contributed by atoms with van der Waals surface area (Å²) in [6, 6.07) is 6.93. The second-order valence-corrected chi connectivity index (χ2v) is 4.50. The van der Waals surface area contributed by atoms with Crippen molar-refractivity contribution >= 4 is 0 Å². The summed E-state index contributed by atoms with van der Waals surface area (Å²) in [6.07, 6.45) is 5.66. The zero-order valence-corrected chi connectivity index (χ0v) is 8.64. The fourth-order valence-electron chi connectivity index (χ4n) is 2.22. The molecule has 0 atom stereocenters. The molecule has 0 amide bonds. The smallest absolute Gasteiger partial charge is 0.0250 e. The molecule has 13 heavy (non-hydrogen) atoms. The minimum atomic E-state index is 0.987. The Morgan fingerprint density at radius 2 is 1.69 bits per heavy atom. The van der Waals surface area contributed by atoms with Crippen molar-refractivity contribution in [3.05, 3.63) is 34.9 Å². The van der Waals surface area contributed by atoms with Crippen LogP contribution in [0.3, 0.4) is 0 Å². The van der Waals surface area contributed by atoms with E-state index in [2.05, 4.69) is 32.0 Å². The van der Waals surface area contributed by atoms with Crippen LogP contribution in [0.5, 0.6) is 0 Å². The van der Waals surface area contributed by atoms with Crippen molar-refractivity contribution in [3.8, 4) is 0 Å². The monoisotopic (exact) mass is 174 g/mol. The van der Waals surface area contributed by atoms with E-state index in [0.29, 0.717) is 0 Å². The Morgan fingerprint density at radius 1 is 1.08 bits per heavy atom. The molecule has 0 bridgehead atoms. The van der Waals surface area contributed by atoms with Crippen molar-refractivity contribution in [3.63, 3.8) is 0 Å². The molecule has 0 spiro atoms. The van der Waals surface area contributed by atoms with Crippen LogP contribution in [0, 0.1) is 19.8 Å². The molecule has 1 aliphatic rings. The normalized spacial score (nSPS) is 17.1. The largest absolute Gasteiger partial charge is 0.0564 e. The lowest BCUT2D eigenvalue weighted by molar-refractivity contribution is 0.314. The minimum Gasteiger partial charge on any atom is -0.0564 e. The first-order valence-corrected chi connectivity index (χ1v) is 5.31. The summed E-state index contributed by atoms with van der Waals surface area (Å²) < 4.78 is 0. The lowest BCUT2D eigenvalue weighted by Crippen LogP contribution is -2.13. The van der Waals surface area contributed by atoms with Gasteiger partial charge in [0.25, 0.3) is 0 Å². The van der Waals surface area contributed by atoms with E-state index >= 15 is 0 Å². The van der Waals surface area contributed by atoms with Gasteiger partial charge in [0.05, 0.1) is 0 Å². The third kappa shape index (κ3) is 2.12. The Balaban J connectivity index is 2.10. The minimum absolute atomic E-state index is 0.987. The molecule has 1 aromatic carbocycles. The van der Waals surface area contributed by atoms with Gasteiger partial charge in [-0.3, -0.25) is 0 Å². The highest BCUT2D eigenvalue weighted by Crippen LogP contribution is 2.30. The molecule has 1 aromatic rings. The molecule has 0 aromatic heterocycles. The number of aryl methyl sites for hydroxylation is 2. The van der Waals surface area contributed by atoms with Gasteiger partial charge in [-0.25, -0.2) is 0 Å². The summed E-state index contributed by atoms with van der Waals surface area (Å²) in [6.45, 7) is 4.38. The summed E-state index contributed by atoms with van der Waals surface area (Å²) in [4.78, 5) is 0. The SMILES string of the molecule is Cc1cc(C)cc(CC2CCC2)c1. The van der Waals surface area contributed by atoms with Gasteiger partial charge in [-0.2, -0.15) is 0 Å². The van der Waals surface area contributed by atoms with Gasteiger partial charge < -0.3 is 0 Å². The van der Waals surface area contributed by atoms with Crippen LogP contribution in [0.2, 0.25) is 0 Å². The van der Waals surface area contributed by atoms with Crippen LogP contribution >= 0.6 is 0 Å². The van der Waals surface area contributed by atoms with E-state index < -0.39 is 0 Å². The Bertz CT molecular complexity index is 275. The average Bonchev–Trinajstić information content (AvgIpc) is 1.95. The Labute approximate surface area is 81.0 Å². The van der Waals surface area contributed by atoms with E-state index in [-0.39, 0.29) is 0 Å². The van der Waals surface area contributed by atoms with Crippen LogP contribution in [-0.2, 0) is 6.42 Å². The molecule has 0 unspecified atom stereocenters. The van der Waals surface area contributed by atoms with Gasteiger partial charge in [-0.1, -0.05) is 48.6 Å². The molecule has 0 aliphatic heterocycles. The Hall–Kier alpha value is -0.780. The molecule has 70 valence electrons. The summed E-state index contributed by atoms with van der Waals surface area (Å²) in [5.74, 6) is 0.987. The van der Waals surface area contributed by atoms with Crippen LogP contribution in [-0.4, -0.2) is 0 Å². The highest BCUT2D eigenvalue weighted by atomic mass is 14.2. The highest BCUT2D eigenvalue weighted by Gasteiger charge is 2.17. The van der Waals surface area contributed by atoms with Crippen LogP contribution in [0.4, 0.5) is 0 Å². The second-order valence-electron chi connectivity index (χ2n) is 4.50. The van der Waals surface area contributed by atoms with E-state index in [1.165, 1.54) is 36.8 Å². The van der Waals surface area contributed by atoms with E-state index in [1.807, 2.05) is 0 Å². The van der Waals surface area contributed by atoms with Crippen LogP contribution in [0.15, 0.2) is 18.2 Å². The first-order chi connectivity index (χ1) is 6.24.